The molecule has 0 radical (unpaired) electrons. The molecule has 7 nitrogen and oxygen atoms in total. The molecule has 3 rings (SSSR count). The molecule has 0 heterocycles. The molecule has 0 bridgehead atoms. The Balaban J connectivity index is 2.35. The largest absolute Gasteiger partial charge is 0.506 e. The molecule has 7 heteroatoms. The molecule has 0 atom stereocenters. The number of aromatic hydroxyl groups is 1. The number of phenolic OH excluding ortho intramolecular Hbond substituents is 1. The summed E-state index contributed by atoms with van der Waals surface area (Å²) in [6.07, 6.45) is 0. The lowest BCUT2D eigenvalue weighted by Crippen LogP contribution is -2.20. The van der Waals surface area contributed by atoms with Gasteiger partial charge in [0.1, 0.15) is 5.75 Å². The van der Waals surface area contributed by atoms with Crippen LogP contribution in [0.25, 0.3) is 0 Å². The molecule has 168 valence electrons. The predicted octanol–water partition coefficient (Wildman–Crippen LogP) is 4.21. The van der Waals surface area contributed by atoms with E-state index in [0.717, 1.165) is 6.07 Å². The van der Waals surface area contributed by atoms with Gasteiger partial charge in [-0.15, -0.1) is 0 Å². The predicted molar refractivity (Wildman–Crippen MR) is 120 cm³/mol. The minimum atomic E-state index is -0.920. The first-order valence-electron chi connectivity index (χ1n) is 10.3. The van der Waals surface area contributed by atoms with E-state index >= 15 is 0 Å². The van der Waals surface area contributed by atoms with Crippen molar-refractivity contribution in [1.82, 2.24) is 0 Å². The zero-order valence-electron chi connectivity index (χ0n) is 18.2. The van der Waals surface area contributed by atoms with E-state index in [2.05, 4.69) is 0 Å². The van der Waals surface area contributed by atoms with Gasteiger partial charge in [0.05, 0.1) is 35.5 Å². The van der Waals surface area contributed by atoms with Crippen molar-refractivity contribution in [3.05, 3.63) is 100 Å². The number of ketones is 2. The van der Waals surface area contributed by atoms with Crippen LogP contribution in [0.3, 0.4) is 0 Å². The van der Waals surface area contributed by atoms with E-state index in [0.29, 0.717) is 0 Å². The van der Waals surface area contributed by atoms with Crippen LogP contribution >= 0.6 is 0 Å². The van der Waals surface area contributed by atoms with Gasteiger partial charge in [0.15, 0.2) is 11.6 Å². The van der Waals surface area contributed by atoms with Gasteiger partial charge in [0, 0.05) is 11.1 Å². The van der Waals surface area contributed by atoms with Crippen molar-refractivity contribution in [2.45, 2.75) is 13.8 Å². The van der Waals surface area contributed by atoms with Crippen LogP contribution in [0.1, 0.15) is 66.4 Å². The number of rotatable bonds is 8. The molecule has 3 aromatic rings. The maximum Gasteiger partial charge on any atom is 0.339 e. The van der Waals surface area contributed by atoms with Crippen LogP contribution in [0.5, 0.6) is 5.75 Å². The molecule has 1 N–H and O–H groups in total. The number of carbonyl (C=O) groups is 4. The topological polar surface area (TPSA) is 107 Å². The summed E-state index contributed by atoms with van der Waals surface area (Å²) in [6, 6.07) is 17.0. The number of hydrogen-bond acceptors (Lipinski definition) is 7. The van der Waals surface area contributed by atoms with Gasteiger partial charge in [-0.3, -0.25) is 9.59 Å². The van der Waals surface area contributed by atoms with Gasteiger partial charge < -0.3 is 14.6 Å². The normalized spacial score (nSPS) is 10.4. The molecule has 0 spiro atoms. The highest BCUT2D eigenvalue weighted by Gasteiger charge is 2.33. The average Bonchev–Trinajstić information content (AvgIpc) is 2.84. The third kappa shape index (κ3) is 4.82. The highest BCUT2D eigenvalue weighted by molar-refractivity contribution is 6.22. The maximum atomic E-state index is 13.3. The lowest BCUT2D eigenvalue weighted by Gasteiger charge is -2.17. The fourth-order valence-corrected chi connectivity index (χ4v) is 3.34. The first-order chi connectivity index (χ1) is 15.9. The average molecular weight is 446 g/mol. The second-order valence-corrected chi connectivity index (χ2v) is 6.90. The molecule has 0 aliphatic carbocycles. The summed E-state index contributed by atoms with van der Waals surface area (Å²) in [5, 5.41) is 11.2. The fourth-order valence-electron chi connectivity index (χ4n) is 3.34. The van der Waals surface area contributed by atoms with E-state index in [9.17, 15) is 24.3 Å². The van der Waals surface area contributed by atoms with E-state index in [1.807, 2.05) is 0 Å². The Bertz CT molecular complexity index is 1110. The van der Waals surface area contributed by atoms with Crippen LogP contribution in [0, 0.1) is 0 Å². The van der Waals surface area contributed by atoms with Crippen LogP contribution in [-0.4, -0.2) is 41.8 Å². The summed E-state index contributed by atoms with van der Waals surface area (Å²) >= 11 is 0. The second kappa shape index (κ2) is 10.4. The number of carbonyl (C=O) groups excluding carboxylic acids is 4. The Labute approximate surface area is 190 Å². The molecule has 3 aromatic carbocycles. The lowest BCUT2D eigenvalue weighted by molar-refractivity contribution is 0.0519. The fraction of sp³-hybridized carbons (Fsp3) is 0.154. The smallest absolute Gasteiger partial charge is 0.339 e. The molecule has 0 saturated heterocycles. The van der Waals surface area contributed by atoms with Crippen molar-refractivity contribution in [2.24, 2.45) is 0 Å². The van der Waals surface area contributed by atoms with E-state index < -0.39 is 40.4 Å². The molecule has 33 heavy (non-hydrogen) atoms. The molecular formula is C26H22O7. The minimum absolute atomic E-state index is 0.00198. The Morgan fingerprint density at radius 1 is 0.667 bits per heavy atom. The Morgan fingerprint density at radius 3 is 1.36 bits per heavy atom. The number of esters is 2. The van der Waals surface area contributed by atoms with Gasteiger partial charge in [-0.25, -0.2) is 9.59 Å². The van der Waals surface area contributed by atoms with Crippen LogP contribution in [-0.2, 0) is 9.47 Å². The summed E-state index contributed by atoms with van der Waals surface area (Å²) < 4.78 is 10.1. The van der Waals surface area contributed by atoms with Crippen LogP contribution in [0.4, 0.5) is 0 Å². The first kappa shape index (κ1) is 23.4. The van der Waals surface area contributed by atoms with Crippen molar-refractivity contribution < 1.29 is 33.8 Å². The van der Waals surface area contributed by atoms with E-state index in [-0.39, 0.29) is 35.5 Å². The third-order valence-electron chi connectivity index (χ3n) is 4.82. The van der Waals surface area contributed by atoms with Crippen molar-refractivity contribution in [1.29, 1.82) is 0 Å². The summed E-state index contributed by atoms with van der Waals surface area (Å²) in [5.74, 6) is -4.03. The summed E-state index contributed by atoms with van der Waals surface area (Å²) in [7, 11) is 0. The maximum absolute atomic E-state index is 13.3. The van der Waals surface area contributed by atoms with E-state index in [4.69, 9.17) is 9.47 Å². The SMILES string of the molecule is CCOC(=O)c1cc(C(=O)OCC)c(C(=O)c2ccccc2)c(O)c1C(=O)c1ccccc1. The molecule has 0 amide bonds. The highest BCUT2D eigenvalue weighted by atomic mass is 16.5. The van der Waals surface area contributed by atoms with Gasteiger partial charge in [0.2, 0.25) is 0 Å². The molecule has 0 aromatic heterocycles. The van der Waals surface area contributed by atoms with E-state index in [1.54, 1.807) is 50.2 Å². The Morgan fingerprint density at radius 2 is 1.03 bits per heavy atom. The minimum Gasteiger partial charge on any atom is -0.506 e. The van der Waals surface area contributed by atoms with E-state index in [1.165, 1.54) is 24.3 Å². The molecule has 0 aliphatic rings. The number of hydrogen-bond donors (Lipinski definition) is 1. The third-order valence-corrected chi connectivity index (χ3v) is 4.82. The zero-order valence-corrected chi connectivity index (χ0v) is 18.2. The van der Waals surface area contributed by atoms with Gasteiger partial charge in [-0.05, 0) is 19.9 Å². The molecular weight excluding hydrogens is 424 g/mol. The molecule has 0 unspecified atom stereocenters. The van der Waals surface area contributed by atoms with Crippen molar-refractivity contribution in [3.63, 3.8) is 0 Å². The second-order valence-electron chi connectivity index (χ2n) is 6.90. The number of benzene rings is 3. The van der Waals surface area contributed by atoms with Crippen molar-refractivity contribution in [3.8, 4) is 5.75 Å². The van der Waals surface area contributed by atoms with Gasteiger partial charge in [0.25, 0.3) is 0 Å². The van der Waals surface area contributed by atoms with Gasteiger partial charge in [-0.2, -0.15) is 0 Å². The van der Waals surface area contributed by atoms with Gasteiger partial charge in [-0.1, -0.05) is 60.7 Å². The molecule has 0 fully saturated rings. The van der Waals surface area contributed by atoms with Crippen LogP contribution in [0.15, 0.2) is 66.7 Å². The number of ether oxygens (including phenoxy) is 2. The van der Waals surface area contributed by atoms with Gasteiger partial charge >= 0.3 is 11.9 Å². The quantitative estimate of drug-likeness (QED) is 0.408. The summed E-state index contributed by atoms with van der Waals surface area (Å²) in [5.41, 5.74) is -1.16. The number of phenols is 1. The standard InChI is InChI=1S/C26H22O7/c1-3-32-25(30)18-15-19(26(31)33-4-2)21(23(28)17-13-9-6-10-14-17)24(29)20(18)22(27)16-11-7-5-8-12-16/h5-15,29H,3-4H2,1-2H3. The van der Waals surface area contributed by atoms with Crippen molar-refractivity contribution >= 4 is 23.5 Å². The van der Waals surface area contributed by atoms with Crippen LogP contribution < -0.4 is 0 Å². The Hall–Kier alpha value is -4.26. The monoisotopic (exact) mass is 446 g/mol. The molecule has 0 aliphatic heterocycles. The lowest BCUT2D eigenvalue weighted by atomic mass is 9.88. The van der Waals surface area contributed by atoms with Crippen molar-refractivity contribution in [2.75, 3.05) is 13.2 Å². The summed E-state index contributed by atoms with van der Waals surface area (Å²) in [6.45, 7) is 3.15. The summed E-state index contributed by atoms with van der Waals surface area (Å²) in [4.78, 5) is 52.1. The molecule has 0 saturated carbocycles. The first-order valence-corrected chi connectivity index (χ1v) is 10.3. The zero-order chi connectivity index (χ0) is 24.0. The Kier molecular flexibility index (Phi) is 7.35. The highest BCUT2D eigenvalue weighted by Crippen LogP contribution is 2.34. The van der Waals surface area contributed by atoms with Crippen LogP contribution in [0.2, 0.25) is 0 Å².